The van der Waals surface area contributed by atoms with E-state index in [2.05, 4.69) is 5.32 Å². The van der Waals surface area contributed by atoms with Crippen LogP contribution in [0.4, 0.5) is 14.5 Å². The van der Waals surface area contributed by atoms with Gasteiger partial charge in [-0.1, -0.05) is 49.2 Å². The smallest absolute Gasteiger partial charge is 0.279 e. The van der Waals surface area contributed by atoms with Gasteiger partial charge in [0.2, 0.25) is 0 Å². The molecular formula is C19H24F2N2OS. The SMILES string of the molecule is CC1SC(C(=O)Nc2ccccc2C2CCCCC2)=C(C(F)F)N1C. The molecule has 1 aliphatic carbocycles. The van der Waals surface area contributed by atoms with Crippen molar-refractivity contribution in [3.63, 3.8) is 0 Å². The number of carbonyl (C=O) groups excluding carboxylic acids is 1. The second-order valence-corrected chi connectivity index (χ2v) is 8.05. The number of hydrogen-bond donors (Lipinski definition) is 1. The molecule has 1 unspecified atom stereocenters. The fraction of sp³-hybridized carbons (Fsp3) is 0.526. The van der Waals surface area contributed by atoms with Gasteiger partial charge in [0.15, 0.2) is 0 Å². The molecule has 0 spiro atoms. The van der Waals surface area contributed by atoms with Gasteiger partial charge in [-0.05, 0) is 37.3 Å². The van der Waals surface area contributed by atoms with Crippen LogP contribution in [-0.2, 0) is 4.79 Å². The van der Waals surface area contributed by atoms with Gasteiger partial charge in [0.1, 0.15) is 5.70 Å². The standard InChI is InChI=1S/C19H24F2N2OS/c1-12-23(2)16(18(20)21)17(25-12)19(24)22-15-11-7-6-10-14(15)13-8-4-3-5-9-13/h6-7,10-13,18H,3-5,8-9H2,1-2H3,(H,22,24). The number of thioether (sulfide) groups is 1. The summed E-state index contributed by atoms with van der Waals surface area (Å²) in [6.07, 6.45) is 3.24. The zero-order chi connectivity index (χ0) is 18.0. The summed E-state index contributed by atoms with van der Waals surface area (Å²) in [6.45, 7) is 1.82. The van der Waals surface area contributed by atoms with E-state index in [-0.39, 0.29) is 16.0 Å². The van der Waals surface area contributed by atoms with Gasteiger partial charge in [0.05, 0.1) is 10.3 Å². The van der Waals surface area contributed by atoms with Crippen molar-refractivity contribution >= 4 is 23.4 Å². The third kappa shape index (κ3) is 3.84. The quantitative estimate of drug-likeness (QED) is 0.797. The number of para-hydroxylation sites is 1. The van der Waals surface area contributed by atoms with Crippen LogP contribution in [0.3, 0.4) is 0 Å². The maximum atomic E-state index is 13.4. The Balaban J connectivity index is 1.84. The molecule has 1 aliphatic heterocycles. The van der Waals surface area contributed by atoms with Crippen molar-refractivity contribution in [3.8, 4) is 0 Å². The lowest BCUT2D eigenvalue weighted by Crippen LogP contribution is -2.25. The van der Waals surface area contributed by atoms with Crippen LogP contribution in [0.25, 0.3) is 0 Å². The molecule has 1 aromatic carbocycles. The molecule has 1 fully saturated rings. The number of halogens is 2. The molecule has 0 bridgehead atoms. The van der Waals surface area contributed by atoms with Gasteiger partial charge in [-0.25, -0.2) is 8.78 Å². The van der Waals surface area contributed by atoms with Crippen LogP contribution in [0, 0.1) is 0 Å². The summed E-state index contributed by atoms with van der Waals surface area (Å²) in [4.78, 5) is 14.3. The first-order valence-electron chi connectivity index (χ1n) is 8.81. The Morgan fingerprint density at radius 1 is 1.24 bits per heavy atom. The van der Waals surface area contributed by atoms with E-state index in [4.69, 9.17) is 0 Å². The van der Waals surface area contributed by atoms with E-state index in [0.717, 1.165) is 24.1 Å². The minimum Gasteiger partial charge on any atom is -0.360 e. The largest absolute Gasteiger partial charge is 0.360 e. The molecule has 0 radical (unpaired) electrons. The summed E-state index contributed by atoms with van der Waals surface area (Å²) in [5, 5.41) is 2.73. The zero-order valence-corrected chi connectivity index (χ0v) is 15.4. The second kappa shape index (κ2) is 7.77. The highest BCUT2D eigenvalue weighted by molar-refractivity contribution is 8.04. The van der Waals surface area contributed by atoms with Gasteiger partial charge in [0, 0.05) is 12.7 Å². The van der Waals surface area contributed by atoms with Crippen molar-refractivity contribution in [3.05, 3.63) is 40.4 Å². The normalized spacial score (nSPS) is 22.0. The zero-order valence-electron chi connectivity index (χ0n) is 14.6. The molecule has 1 amide bonds. The number of rotatable bonds is 4. The first-order valence-corrected chi connectivity index (χ1v) is 9.69. The van der Waals surface area contributed by atoms with E-state index in [1.54, 1.807) is 7.05 Å². The van der Waals surface area contributed by atoms with E-state index >= 15 is 0 Å². The first-order chi connectivity index (χ1) is 12.0. The molecule has 3 nitrogen and oxygen atoms in total. The van der Waals surface area contributed by atoms with Crippen LogP contribution in [-0.4, -0.2) is 29.7 Å². The molecule has 1 saturated carbocycles. The predicted molar refractivity (Wildman–Crippen MR) is 98.7 cm³/mol. The Kier molecular flexibility index (Phi) is 5.67. The van der Waals surface area contributed by atoms with Crippen LogP contribution in [0.1, 0.15) is 50.5 Å². The molecule has 1 N–H and O–H groups in total. The van der Waals surface area contributed by atoms with E-state index in [9.17, 15) is 13.6 Å². The van der Waals surface area contributed by atoms with Crippen LogP contribution in [0.15, 0.2) is 34.9 Å². The topological polar surface area (TPSA) is 32.3 Å². The third-order valence-corrected chi connectivity index (χ3v) is 6.40. The van der Waals surface area contributed by atoms with E-state index < -0.39 is 12.3 Å². The highest BCUT2D eigenvalue weighted by Crippen LogP contribution is 2.41. The van der Waals surface area contributed by atoms with Gasteiger partial charge >= 0.3 is 0 Å². The fourth-order valence-electron chi connectivity index (χ4n) is 3.65. The van der Waals surface area contributed by atoms with E-state index in [1.807, 2.05) is 31.2 Å². The molecule has 136 valence electrons. The lowest BCUT2D eigenvalue weighted by molar-refractivity contribution is -0.112. The minimum atomic E-state index is -2.66. The van der Waals surface area contributed by atoms with Gasteiger partial charge in [-0.3, -0.25) is 4.79 Å². The average Bonchev–Trinajstić information content (AvgIpc) is 2.91. The number of nitrogens with one attached hydrogen (secondary N) is 1. The number of alkyl halides is 2. The van der Waals surface area contributed by atoms with Crippen molar-refractivity contribution in [2.45, 2.75) is 56.7 Å². The summed E-state index contributed by atoms with van der Waals surface area (Å²) in [5.74, 6) is 0.00591. The number of anilines is 1. The summed E-state index contributed by atoms with van der Waals surface area (Å²) in [5.41, 5.74) is 1.70. The molecule has 2 aliphatic rings. The van der Waals surface area contributed by atoms with Crippen LogP contribution >= 0.6 is 11.8 Å². The van der Waals surface area contributed by atoms with Gasteiger partial charge in [-0.15, -0.1) is 0 Å². The molecule has 25 heavy (non-hydrogen) atoms. The van der Waals surface area contributed by atoms with Crippen molar-refractivity contribution in [2.75, 3.05) is 12.4 Å². The van der Waals surface area contributed by atoms with Crippen molar-refractivity contribution in [1.29, 1.82) is 0 Å². The number of carbonyl (C=O) groups is 1. The molecule has 1 aromatic rings. The Bertz CT molecular complexity index is 671. The number of nitrogens with zero attached hydrogens (tertiary/aromatic N) is 1. The van der Waals surface area contributed by atoms with E-state index in [1.165, 1.54) is 35.9 Å². The van der Waals surface area contributed by atoms with Crippen molar-refractivity contribution in [2.24, 2.45) is 0 Å². The molecule has 0 aromatic heterocycles. The van der Waals surface area contributed by atoms with Crippen LogP contribution < -0.4 is 5.32 Å². The monoisotopic (exact) mass is 366 g/mol. The molecule has 6 heteroatoms. The highest BCUT2D eigenvalue weighted by atomic mass is 32.2. The van der Waals surface area contributed by atoms with E-state index in [0.29, 0.717) is 5.92 Å². The average molecular weight is 366 g/mol. The Labute approximate surface area is 151 Å². The molecule has 1 atom stereocenters. The molecule has 3 rings (SSSR count). The first kappa shape index (κ1) is 18.2. The lowest BCUT2D eigenvalue weighted by atomic mass is 9.83. The van der Waals surface area contributed by atoms with Gasteiger partial charge < -0.3 is 10.2 Å². The number of amides is 1. The Hall–Kier alpha value is -1.56. The maximum absolute atomic E-state index is 13.4. The summed E-state index contributed by atoms with van der Waals surface area (Å²) < 4.78 is 26.8. The summed E-state index contributed by atoms with van der Waals surface area (Å²) in [6, 6.07) is 7.77. The highest BCUT2D eigenvalue weighted by Gasteiger charge is 2.36. The van der Waals surface area contributed by atoms with Crippen LogP contribution in [0.5, 0.6) is 0 Å². The lowest BCUT2D eigenvalue weighted by Gasteiger charge is -2.24. The fourth-order valence-corrected chi connectivity index (χ4v) is 4.77. The second-order valence-electron chi connectivity index (χ2n) is 6.72. The Morgan fingerprint density at radius 3 is 2.60 bits per heavy atom. The number of benzene rings is 1. The molecule has 0 saturated heterocycles. The molecular weight excluding hydrogens is 342 g/mol. The molecule has 1 heterocycles. The van der Waals surface area contributed by atoms with Gasteiger partial charge in [0.25, 0.3) is 12.3 Å². The number of allylic oxidation sites excluding steroid dienone is 1. The van der Waals surface area contributed by atoms with Crippen molar-refractivity contribution in [1.82, 2.24) is 4.90 Å². The summed E-state index contributed by atoms with van der Waals surface area (Å²) in [7, 11) is 1.61. The Morgan fingerprint density at radius 2 is 1.92 bits per heavy atom. The van der Waals surface area contributed by atoms with Crippen molar-refractivity contribution < 1.29 is 13.6 Å². The maximum Gasteiger partial charge on any atom is 0.279 e. The minimum absolute atomic E-state index is 0.128. The predicted octanol–water partition coefficient (Wildman–Crippen LogP) is 5.17. The number of hydrogen-bond acceptors (Lipinski definition) is 3. The van der Waals surface area contributed by atoms with Gasteiger partial charge in [-0.2, -0.15) is 0 Å². The third-order valence-electron chi connectivity index (χ3n) is 5.11. The van der Waals surface area contributed by atoms with Crippen LogP contribution in [0.2, 0.25) is 0 Å². The summed E-state index contributed by atoms with van der Waals surface area (Å²) >= 11 is 1.19.